The highest BCUT2D eigenvalue weighted by atomic mass is 16.5. The summed E-state index contributed by atoms with van der Waals surface area (Å²) in [6.45, 7) is 6.64. The van der Waals surface area contributed by atoms with E-state index in [9.17, 15) is 0 Å². The van der Waals surface area contributed by atoms with Crippen LogP contribution in [0.5, 0.6) is 5.88 Å². The molecule has 0 aliphatic heterocycles. The fraction of sp³-hybridized carbons (Fsp3) is 0.429. The van der Waals surface area contributed by atoms with Gasteiger partial charge in [-0.05, 0) is 32.4 Å². The standard InChI is InChI=1S/C14H19N3O2/c1-4-7-19-13-9-10(2)15-14(17-13)16-11(3)12-6-5-8-18-12/h5-6,8-9,11H,4,7H2,1-3H3,(H,15,16,17). The Morgan fingerprint density at radius 2 is 2.26 bits per heavy atom. The topological polar surface area (TPSA) is 60.2 Å². The summed E-state index contributed by atoms with van der Waals surface area (Å²) in [6, 6.07) is 5.62. The van der Waals surface area contributed by atoms with Gasteiger partial charge in [-0.3, -0.25) is 0 Å². The number of rotatable bonds is 6. The first-order valence-electron chi connectivity index (χ1n) is 6.47. The van der Waals surface area contributed by atoms with Crippen molar-refractivity contribution in [3.8, 4) is 5.88 Å². The predicted octanol–water partition coefficient (Wildman–Crippen LogP) is 3.34. The van der Waals surface area contributed by atoms with E-state index in [0.29, 0.717) is 18.4 Å². The van der Waals surface area contributed by atoms with Crippen LogP contribution >= 0.6 is 0 Å². The number of anilines is 1. The molecule has 1 N–H and O–H groups in total. The van der Waals surface area contributed by atoms with Gasteiger partial charge < -0.3 is 14.5 Å². The average molecular weight is 261 g/mol. The van der Waals surface area contributed by atoms with Gasteiger partial charge in [0.1, 0.15) is 5.76 Å². The minimum absolute atomic E-state index is 0.0100. The van der Waals surface area contributed by atoms with Crippen LogP contribution in [0.15, 0.2) is 28.9 Å². The molecule has 19 heavy (non-hydrogen) atoms. The van der Waals surface area contributed by atoms with Crippen molar-refractivity contribution >= 4 is 5.95 Å². The molecule has 0 aromatic carbocycles. The van der Waals surface area contributed by atoms with Crippen LogP contribution in [0.25, 0.3) is 0 Å². The Hall–Kier alpha value is -2.04. The maximum Gasteiger partial charge on any atom is 0.226 e. The molecule has 0 saturated carbocycles. The summed E-state index contributed by atoms with van der Waals surface area (Å²) >= 11 is 0. The Morgan fingerprint density at radius 3 is 2.95 bits per heavy atom. The molecule has 5 heteroatoms. The number of hydrogen-bond donors (Lipinski definition) is 1. The third-order valence-electron chi connectivity index (χ3n) is 2.60. The van der Waals surface area contributed by atoms with Crippen LogP contribution in [-0.2, 0) is 0 Å². The van der Waals surface area contributed by atoms with E-state index in [2.05, 4.69) is 22.2 Å². The molecule has 2 heterocycles. The molecule has 0 saturated heterocycles. The zero-order chi connectivity index (χ0) is 13.7. The lowest BCUT2D eigenvalue weighted by Gasteiger charge is -2.13. The maximum atomic E-state index is 5.53. The zero-order valence-corrected chi connectivity index (χ0v) is 11.5. The van der Waals surface area contributed by atoms with E-state index in [1.807, 2.05) is 32.0 Å². The van der Waals surface area contributed by atoms with Gasteiger partial charge in [0.05, 0.1) is 18.9 Å². The highest BCUT2D eigenvalue weighted by Gasteiger charge is 2.10. The number of hydrogen-bond acceptors (Lipinski definition) is 5. The summed E-state index contributed by atoms with van der Waals surface area (Å²) < 4.78 is 10.9. The van der Waals surface area contributed by atoms with Gasteiger partial charge in [-0.1, -0.05) is 6.92 Å². The van der Waals surface area contributed by atoms with Crippen LogP contribution in [0.1, 0.15) is 37.8 Å². The molecule has 0 fully saturated rings. The molecule has 2 aromatic heterocycles. The molecule has 2 aromatic rings. The fourth-order valence-electron chi connectivity index (χ4n) is 1.69. The van der Waals surface area contributed by atoms with Gasteiger partial charge in [0.15, 0.2) is 0 Å². The number of nitrogens with zero attached hydrogens (tertiary/aromatic N) is 2. The second-order valence-corrected chi connectivity index (χ2v) is 4.40. The van der Waals surface area contributed by atoms with Crippen molar-refractivity contribution in [2.24, 2.45) is 0 Å². The summed E-state index contributed by atoms with van der Waals surface area (Å²) in [5.41, 5.74) is 0.871. The van der Waals surface area contributed by atoms with Crippen molar-refractivity contribution in [2.75, 3.05) is 11.9 Å². The van der Waals surface area contributed by atoms with E-state index in [1.54, 1.807) is 6.26 Å². The number of ether oxygens (including phenoxy) is 1. The first-order valence-corrected chi connectivity index (χ1v) is 6.47. The van der Waals surface area contributed by atoms with E-state index in [4.69, 9.17) is 9.15 Å². The van der Waals surface area contributed by atoms with Crippen molar-refractivity contribution in [1.82, 2.24) is 9.97 Å². The molecular weight excluding hydrogens is 242 g/mol. The van der Waals surface area contributed by atoms with Crippen molar-refractivity contribution in [2.45, 2.75) is 33.2 Å². The molecule has 2 rings (SSSR count). The van der Waals surface area contributed by atoms with Crippen LogP contribution in [0.3, 0.4) is 0 Å². The first-order chi connectivity index (χ1) is 9.19. The summed E-state index contributed by atoms with van der Waals surface area (Å²) in [5.74, 6) is 2.00. The van der Waals surface area contributed by atoms with Gasteiger partial charge in [0, 0.05) is 11.8 Å². The smallest absolute Gasteiger partial charge is 0.226 e. The summed E-state index contributed by atoms with van der Waals surface area (Å²) in [6.07, 6.45) is 2.61. The molecule has 0 bridgehead atoms. The Kier molecular flexibility index (Phi) is 4.39. The van der Waals surface area contributed by atoms with Crippen LogP contribution in [-0.4, -0.2) is 16.6 Å². The normalized spacial score (nSPS) is 12.2. The van der Waals surface area contributed by atoms with Crippen molar-refractivity contribution in [3.05, 3.63) is 35.9 Å². The molecule has 0 radical (unpaired) electrons. The van der Waals surface area contributed by atoms with E-state index in [1.165, 1.54) is 0 Å². The highest BCUT2D eigenvalue weighted by molar-refractivity contribution is 5.33. The van der Waals surface area contributed by atoms with E-state index in [-0.39, 0.29) is 6.04 Å². The Bertz CT molecular complexity index is 511. The summed E-state index contributed by atoms with van der Waals surface area (Å²) in [5, 5.41) is 3.21. The molecule has 1 unspecified atom stereocenters. The molecule has 0 aliphatic rings. The number of furan rings is 1. The van der Waals surface area contributed by atoms with Gasteiger partial charge in [-0.2, -0.15) is 4.98 Å². The van der Waals surface area contributed by atoms with Crippen molar-refractivity contribution in [1.29, 1.82) is 0 Å². The maximum absolute atomic E-state index is 5.53. The Balaban J connectivity index is 2.09. The first kappa shape index (κ1) is 13.4. The molecule has 0 spiro atoms. The number of aromatic nitrogens is 2. The molecule has 0 aliphatic carbocycles. The van der Waals surface area contributed by atoms with Gasteiger partial charge in [0.2, 0.25) is 11.8 Å². The monoisotopic (exact) mass is 261 g/mol. The van der Waals surface area contributed by atoms with E-state index in [0.717, 1.165) is 17.9 Å². The van der Waals surface area contributed by atoms with Crippen molar-refractivity contribution in [3.63, 3.8) is 0 Å². The van der Waals surface area contributed by atoms with E-state index < -0.39 is 0 Å². The summed E-state index contributed by atoms with van der Waals surface area (Å²) in [4.78, 5) is 8.68. The molecular formula is C14H19N3O2. The highest BCUT2D eigenvalue weighted by Crippen LogP contribution is 2.19. The van der Waals surface area contributed by atoms with Crippen LogP contribution in [0.4, 0.5) is 5.95 Å². The van der Waals surface area contributed by atoms with Crippen LogP contribution < -0.4 is 10.1 Å². The minimum atomic E-state index is 0.0100. The van der Waals surface area contributed by atoms with Crippen LogP contribution in [0, 0.1) is 6.92 Å². The number of nitrogens with one attached hydrogen (secondary N) is 1. The van der Waals surface area contributed by atoms with Gasteiger partial charge in [-0.15, -0.1) is 0 Å². The lowest BCUT2D eigenvalue weighted by Crippen LogP contribution is -2.10. The van der Waals surface area contributed by atoms with Crippen molar-refractivity contribution < 1.29 is 9.15 Å². The Morgan fingerprint density at radius 1 is 1.42 bits per heavy atom. The van der Waals surface area contributed by atoms with Crippen LogP contribution in [0.2, 0.25) is 0 Å². The largest absolute Gasteiger partial charge is 0.478 e. The SMILES string of the molecule is CCCOc1cc(C)nc(NC(C)c2ccco2)n1. The third-order valence-corrected chi connectivity index (χ3v) is 2.60. The molecule has 5 nitrogen and oxygen atoms in total. The lowest BCUT2D eigenvalue weighted by molar-refractivity contribution is 0.304. The quantitative estimate of drug-likeness (QED) is 0.864. The van der Waals surface area contributed by atoms with Gasteiger partial charge in [0.25, 0.3) is 0 Å². The predicted molar refractivity (Wildman–Crippen MR) is 73.3 cm³/mol. The number of aryl methyl sites for hydroxylation is 1. The second kappa shape index (κ2) is 6.22. The Labute approximate surface area is 113 Å². The molecule has 0 amide bonds. The average Bonchev–Trinajstić information content (AvgIpc) is 2.89. The van der Waals surface area contributed by atoms with Gasteiger partial charge in [-0.25, -0.2) is 4.98 Å². The van der Waals surface area contributed by atoms with E-state index >= 15 is 0 Å². The molecule has 102 valence electrons. The zero-order valence-electron chi connectivity index (χ0n) is 11.5. The third kappa shape index (κ3) is 3.71. The summed E-state index contributed by atoms with van der Waals surface area (Å²) in [7, 11) is 0. The fourth-order valence-corrected chi connectivity index (χ4v) is 1.69. The second-order valence-electron chi connectivity index (χ2n) is 4.40. The van der Waals surface area contributed by atoms with Gasteiger partial charge >= 0.3 is 0 Å². The molecule has 1 atom stereocenters. The minimum Gasteiger partial charge on any atom is -0.478 e. The lowest BCUT2D eigenvalue weighted by atomic mass is 10.2.